The lowest BCUT2D eigenvalue weighted by molar-refractivity contribution is -0.139. The van der Waals surface area contributed by atoms with Crippen LogP contribution >= 0.6 is 0 Å². The second-order valence-electron chi connectivity index (χ2n) is 9.26. The third-order valence-electron chi connectivity index (χ3n) is 6.41. The average molecular weight is 534 g/mol. The molecule has 4 aromatic carbocycles. The van der Waals surface area contributed by atoms with E-state index in [9.17, 15) is 19.5 Å². The van der Waals surface area contributed by atoms with Crippen LogP contribution in [0.2, 0.25) is 0 Å². The highest BCUT2D eigenvalue weighted by atomic mass is 16.5. The Morgan fingerprint density at radius 3 is 2.23 bits per heavy atom. The van der Waals surface area contributed by atoms with Gasteiger partial charge in [0.15, 0.2) is 0 Å². The number of hydrogen-bond donors (Lipinski definition) is 4. The number of para-hydroxylation sites is 2. The molecule has 8 nitrogen and oxygen atoms in total. The third-order valence-corrected chi connectivity index (χ3v) is 6.41. The Morgan fingerprint density at radius 1 is 0.775 bits per heavy atom. The van der Waals surface area contributed by atoms with Crippen molar-refractivity contribution >= 4 is 34.4 Å². The third kappa shape index (κ3) is 6.36. The van der Waals surface area contributed by atoms with Gasteiger partial charge in [0.05, 0.1) is 11.3 Å². The molecule has 5 aromatic rings. The van der Waals surface area contributed by atoms with Crippen LogP contribution in [0.4, 0.5) is 5.69 Å². The van der Waals surface area contributed by atoms with E-state index in [1.165, 1.54) is 6.07 Å². The van der Waals surface area contributed by atoms with Gasteiger partial charge in [-0.1, -0.05) is 72.8 Å². The molecule has 0 aliphatic heterocycles. The first-order valence-corrected chi connectivity index (χ1v) is 12.7. The fourth-order valence-electron chi connectivity index (χ4n) is 4.31. The zero-order chi connectivity index (χ0) is 27.9. The molecule has 0 radical (unpaired) electrons. The minimum absolute atomic E-state index is 0.0730. The molecule has 0 saturated heterocycles. The van der Waals surface area contributed by atoms with Crippen LogP contribution in [0.5, 0.6) is 5.75 Å². The molecule has 5 rings (SSSR count). The molecule has 0 aliphatic carbocycles. The number of aliphatic carboxylic acids is 1. The number of benzene rings is 4. The summed E-state index contributed by atoms with van der Waals surface area (Å²) in [6.45, 7) is 0.421. The maximum atomic E-state index is 13.1. The van der Waals surface area contributed by atoms with E-state index in [0.29, 0.717) is 18.1 Å². The number of H-pyrrole nitrogens is 1. The van der Waals surface area contributed by atoms with Crippen molar-refractivity contribution in [2.45, 2.75) is 19.1 Å². The highest BCUT2D eigenvalue weighted by Gasteiger charge is 2.23. The van der Waals surface area contributed by atoms with Gasteiger partial charge in [-0.25, -0.2) is 4.79 Å². The lowest BCUT2D eigenvalue weighted by Gasteiger charge is -2.17. The fraction of sp³-hybridized carbons (Fsp3) is 0.0938. The van der Waals surface area contributed by atoms with Crippen molar-refractivity contribution in [1.82, 2.24) is 10.3 Å². The Labute approximate surface area is 230 Å². The highest BCUT2D eigenvalue weighted by Crippen LogP contribution is 2.20. The molecule has 0 spiro atoms. The SMILES string of the molecule is O=C(Nc1ccccc1C(=O)NC(Cc1ccc(OCc2ccccc2)cc1)C(=O)O)c1cc2ccccc2[nH]1. The summed E-state index contributed by atoms with van der Waals surface area (Å²) in [5, 5.41) is 16.0. The Kier molecular flexibility index (Phi) is 7.87. The molecular formula is C32H27N3O5. The van der Waals surface area contributed by atoms with Crippen LogP contribution in [-0.4, -0.2) is 33.9 Å². The van der Waals surface area contributed by atoms with E-state index in [0.717, 1.165) is 22.0 Å². The largest absolute Gasteiger partial charge is 0.489 e. The maximum absolute atomic E-state index is 13.1. The van der Waals surface area contributed by atoms with Gasteiger partial charge in [0, 0.05) is 17.3 Å². The second kappa shape index (κ2) is 12.0. The minimum Gasteiger partial charge on any atom is -0.489 e. The van der Waals surface area contributed by atoms with Crippen molar-refractivity contribution in [2.24, 2.45) is 0 Å². The number of ether oxygens (including phenoxy) is 1. The molecule has 2 amide bonds. The lowest BCUT2D eigenvalue weighted by Crippen LogP contribution is -2.42. The van der Waals surface area contributed by atoms with Gasteiger partial charge in [0.2, 0.25) is 0 Å². The highest BCUT2D eigenvalue weighted by molar-refractivity contribution is 6.10. The van der Waals surface area contributed by atoms with Gasteiger partial charge in [-0.2, -0.15) is 0 Å². The average Bonchev–Trinajstić information content (AvgIpc) is 3.42. The Hall–Kier alpha value is -5.37. The molecule has 1 heterocycles. The Morgan fingerprint density at radius 2 is 1.48 bits per heavy atom. The number of fused-ring (bicyclic) bond motifs is 1. The normalized spacial score (nSPS) is 11.5. The van der Waals surface area contributed by atoms with Crippen molar-refractivity contribution in [1.29, 1.82) is 0 Å². The second-order valence-corrected chi connectivity index (χ2v) is 9.26. The van der Waals surface area contributed by atoms with Crippen molar-refractivity contribution < 1.29 is 24.2 Å². The number of carboxylic acids is 1. The van der Waals surface area contributed by atoms with Crippen LogP contribution in [0.15, 0.2) is 109 Å². The fourth-order valence-corrected chi connectivity index (χ4v) is 4.31. The monoisotopic (exact) mass is 533 g/mol. The van der Waals surface area contributed by atoms with Crippen LogP contribution in [-0.2, 0) is 17.8 Å². The first-order chi connectivity index (χ1) is 19.5. The van der Waals surface area contributed by atoms with Crippen molar-refractivity contribution in [3.8, 4) is 5.75 Å². The van der Waals surface area contributed by atoms with Crippen LogP contribution < -0.4 is 15.4 Å². The van der Waals surface area contributed by atoms with Crippen molar-refractivity contribution in [3.05, 3.63) is 132 Å². The molecule has 0 bridgehead atoms. The van der Waals surface area contributed by atoms with Gasteiger partial charge < -0.3 is 25.5 Å². The van der Waals surface area contributed by atoms with E-state index in [2.05, 4.69) is 15.6 Å². The number of rotatable bonds is 10. The van der Waals surface area contributed by atoms with Gasteiger partial charge in [-0.3, -0.25) is 9.59 Å². The molecule has 1 aromatic heterocycles. The van der Waals surface area contributed by atoms with Gasteiger partial charge in [0.25, 0.3) is 11.8 Å². The Bertz CT molecular complexity index is 1610. The molecule has 40 heavy (non-hydrogen) atoms. The number of anilines is 1. The van der Waals surface area contributed by atoms with Crippen LogP contribution in [0.3, 0.4) is 0 Å². The van der Waals surface area contributed by atoms with Crippen LogP contribution in [0, 0.1) is 0 Å². The Balaban J connectivity index is 1.23. The van der Waals surface area contributed by atoms with Gasteiger partial charge >= 0.3 is 5.97 Å². The summed E-state index contributed by atoms with van der Waals surface area (Å²) < 4.78 is 5.79. The van der Waals surface area contributed by atoms with Gasteiger partial charge in [-0.05, 0) is 47.5 Å². The van der Waals surface area contributed by atoms with E-state index in [4.69, 9.17) is 4.74 Å². The van der Waals surface area contributed by atoms with E-state index >= 15 is 0 Å². The molecule has 8 heteroatoms. The van der Waals surface area contributed by atoms with Gasteiger partial charge in [-0.15, -0.1) is 0 Å². The van der Waals surface area contributed by atoms with E-state index in [1.54, 1.807) is 48.5 Å². The number of carbonyl (C=O) groups excluding carboxylic acids is 2. The first kappa shape index (κ1) is 26.2. The quantitative estimate of drug-likeness (QED) is 0.191. The molecule has 4 N–H and O–H groups in total. The van der Waals surface area contributed by atoms with E-state index < -0.39 is 23.8 Å². The zero-order valence-corrected chi connectivity index (χ0v) is 21.5. The number of carbonyl (C=O) groups is 3. The molecular weight excluding hydrogens is 506 g/mol. The number of aromatic nitrogens is 1. The van der Waals surface area contributed by atoms with Crippen molar-refractivity contribution in [2.75, 3.05) is 5.32 Å². The molecule has 200 valence electrons. The molecule has 1 atom stereocenters. The van der Waals surface area contributed by atoms with Crippen molar-refractivity contribution in [3.63, 3.8) is 0 Å². The summed E-state index contributed by atoms with van der Waals surface area (Å²) in [6.07, 6.45) is 0.0730. The van der Waals surface area contributed by atoms with E-state index in [1.807, 2.05) is 54.6 Å². The summed E-state index contributed by atoms with van der Waals surface area (Å²) in [6, 6.07) is 31.4. The number of nitrogens with one attached hydrogen (secondary N) is 3. The van der Waals surface area contributed by atoms with Gasteiger partial charge in [0.1, 0.15) is 24.1 Å². The molecule has 0 fully saturated rings. The predicted octanol–water partition coefficient (Wildman–Crippen LogP) is 5.42. The summed E-state index contributed by atoms with van der Waals surface area (Å²) >= 11 is 0. The number of hydrogen-bond acceptors (Lipinski definition) is 4. The van der Waals surface area contributed by atoms with Crippen LogP contribution in [0.25, 0.3) is 10.9 Å². The summed E-state index contributed by atoms with van der Waals surface area (Å²) in [5.41, 5.74) is 3.35. The topological polar surface area (TPSA) is 121 Å². The maximum Gasteiger partial charge on any atom is 0.326 e. The van der Waals surface area contributed by atoms with E-state index in [-0.39, 0.29) is 17.7 Å². The summed E-state index contributed by atoms with van der Waals surface area (Å²) in [7, 11) is 0. The number of amides is 2. The first-order valence-electron chi connectivity index (χ1n) is 12.7. The van der Waals surface area contributed by atoms with Crippen LogP contribution in [0.1, 0.15) is 32.0 Å². The molecule has 0 saturated carbocycles. The number of carboxylic acid groups (broad SMARTS) is 1. The smallest absolute Gasteiger partial charge is 0.326 e. The predicted molar refractivity (Wildman–Crippen MR) is 153 cm³/mol. The summed E-state index contributed by atoms with van der Waals surface area (Å²) in [5.74, 6) is -1.54. The minimum atomic E-state index is -1.18. The number of aromatic amines is 1. The standard InChI is InChI=1S/C32H27N3O5/c36-30(25-11-5-7-13-27(25)34-31(37)28-19-23-10-4-6-12-26(23)33-28)35-29(32(38)39)18-21-14-16-24(17-15-21)40-20-22-8-2-1-3-9-22/h1-17,19,29,33H,18,20H2,(H,34,37)(H,35,36)(H,38,39). The molecule has 0 aliphatic rings. The zero-order valence-electron chi connectivity index (χ0n) is 21.5. The molecule has 1 unspecified atom stereocenters. The lowest BCUT2D eigenvalue weighted by atomic mass is 10.0. The summed E-state index contributed by atoms with van der Waals surface area (Å²) in [4.78, 5) is 41.1.